The molecular formula is C7H13NO2U. The van der Waals surface area contributed by atoms with E-state index < -0.39 is 11.5 Å². The molecule has 0 heterocycles. The first-order valence-electron chi connectivity index (χ1n) is 3.13. The summed E-state index contributed by atoms with van der Waals surface area (Å²) in [6, 6.07) is 0. The van der Waals surface area contributed by atoms with Crippen LogP contribution in [0.15, 0.2) is 0 Å². The molecule has 0 atom stereocenters. The molecule has 4 heteroatoms. The fraction of sp³-hybridized carbons (Fsp3) is 0.571. The summed E-state index contributed by atoms with van der Waals surface area (Å²) in [5, 5.41) is 11.4. The van der Waals surface area contributed by atoms with E-state index in [9.17, 15) is 4.79 Å². The zero-order valence-electron chi connectivity index (χ0n) is 6.68. The number of carbonyl (C=O) groups is 1. The van der Waals surface area contributed by atoms with Crippen molar-refractivity contribution in [3.8, 4) is 0 Å². The summed E-state index contributed by atoms with van der Waals surface area (Å²) in [6.07, 6.45) is 0.616. The third-order valence-corrected chi connectivity index (χ3v) is 1.74. The van der Waals surface area contributed by atoms with Gasteiger partial charge < -0.3 is 24.3 Å². The monoisotopic (exact) mass is 381 g/mol. The molecule has 0 bridgehead atoms. The van der Waals surface area contributed by atoms with Gasteiger partial charge in [0.05, 0.1) is 5.54 Å². The van der Waals surface area contributed by atoms with Gasteiger partial charge in [0.2, 0.25) is 0 Å². The Labute approximate surface area is 91.3 Å². The number of nitrogens with one attached hydrogen (secondary N) is 1. The Kier molecular flexibility index (Phi) is 7.72. The molecule has 0 aromatic carbocycles. The van der Waals surface area contributed by atoms with Crippen molar-refractivity contribution in [3.63, 3.8) is 0 Å². The van der Waals surface area contributed by atoms with Crippen molar-refractivity contribution < 1.29 is 41.0 Å². The van der Waals surface area contributed by atoms with E-state index in [1.54, 1.807) is 7.05 Å². The molecule has 0 saturated heterocycles. The van der Waals surface area contributed by atoms with Gasteiger partial charge in [-0.2, -0.15) is 12.8 Å². The molecule has 11 heavy (non-hydrogen) atoms. The maximum atomic E-state index is 10.6. The van der Waals surface area contributed by atoms with Crippen molar-refractivity contribution in [1.82, 2.24) is 5.32 Å². The summed E-state index contributed by atoms with van der Waals surface area (Å²) in [4.78, 5) is 10.6. The molecule has 0 fully saturated rings. The van der Waals surface area contributed by atoms with Crippen LogP contribution in [0.1, 0.15) is 12.8 Å². The zero-order chi connectivity index (χ0) is 8.20. The molecule has 0 aliphatic heterocycles. The van der Waals surface area contributed by atoms with Crippen molar-refractivity contribution >= 4 is 5.97 Å². The molecule has 0 radical (unpaired) electrons. The Morgan fingerprint density at radius 2 is 1.91 bits per heavy atom. The van der Waals surface area contributed by atoms with Crippen molar-refractivity contribution in [2.45, 2.75) is 18.4 Å². The Morgan fingerprint density at radius 3 is 1.91 bits per heavy atom. The minimum atomic E-state index is -0.931. The minimum Gasteiger partial charge on any atom is -0.480 e. The molecule has 0 spiro atoms. The third-order valence-electron chi connectivity index (χ3n) is 1.74. The number of rotatable bonds is 4. The van der Waals surface area contributed by atoms with Crippen LogP contribution in [0, 0.1) is 45.0 Å². The molecule has 0 saturated carbocycles. The standard InChI is InChI=1S/C7H13NO2.U/c1-4-7(5-2,8-3)6(9)10;/h8H,1-2,4-5H2,3H3,(H,9,10);/q-2;+2. The summed E-state index contributed by atoms with van der Waals surface area (Å²) in [5.74, 6) is -0.889. The smallest absolute Gasteiger partial charge is 0.480 e. The number of carboxylic acid groups (broad SMARTS) is 1. The maximum absolute atomic E-state index is 10.6. The van der Waals surface area contributed by atoms with Gasteiger partial charge in [0.1, 0.15) is 0 Å². The molecular weight excluding hydrogens is 368 g/mol. The first kappa shape index (κ1) is 14.0. The number of hydrogen-bond donors (Lipinski definition) is 2. The third kappa shape index (κ3) is 3.15. The van der Waals surface area contributed by atoms with E-state index in [0.717, 1.165) is 0 Å². The zero-order valence-corrected chi connectivity index (χ0v) is 10.8. The SMILES string of the molecule is [CH2-]CC(C[CH2-])(NC)C(=O)O.[U+2]. The summed E-state index contributed by atoms with van der Waals surface area (Å²) in [7, 11) is 1.60. The van der Waals surface area contributed by atoms with Crippen molar-refractivity contribution in [1.29, 1.82) is 0 Å². The molecule has 0 aromatic heterocycles. The molecule has 0 rings (SSSR count). The number of aliphatic carboxylic acids is 1. The second-order valence-corrected chi connectivity index (χ2v) is 2.14. The van der Waals surface area contributed by atoms with Gasteiger partial charge in [-0.15, -0.1) is 0 Å². The minimum absolute atomic E-state index is 0. The fourth-order valence-electron chi connectivity index (χ4n) is 0.696. The quantitative estimate of drug-likeness (QED) is 0.697. The van der Waals surface area contributed by atoms with Crippen molar-refractivity contribution in [2.24, 2.45) is 0 Å². The van der Waals surface area contributed by atoms with Gasteiger partial charge in [-0.25, -0.2) is 0 Å². The summed E-state index contributed by atoms with van der Waals surface area (Å²) in [6.45, 7) is 7.08. The number of carboxylic acids is 1. The van der Waals surface area contributed by atoms with Crippen molar-refractivity contribution in [2.75, 3.05) is 7.05 Å². The molecule has 0 aliphatic carbocycles. The topological polar surface area (TPSA) is 49.3 Å². The Bertz CT molecular complexity index is 115. The van der Waals surface area contributed by atoms with E-state index in [1.807, 2.05) is 0 Å². The van der Waals surface area contributed by atoms with E-state index in [0.29, 0.717) is 12.8 Å². The van der Waals surface area contributed by atoms with Crippen LogP contribution in [-0.2, 0) is 4.79 Å². The van der Waals surface area contributed by atoms with E-state index in [4.69, 9.17) is 5.11 Å². The Hall–Kier alpha value is 0.482. The van der Waals surface area contributed by atoms with Crippen LogP contribution in [0.25, 0.3) is 0 Å². The number of likely N-dealkylation sites (N-methyl/N-ethyl adjacent to an activating group) is 1. The van der Waals surface area contributed by atoms with E-state index in [1.165, 1.54) is 0 Å². The first-order chi connectivity index (χ1) is 4.63. The molecule has 0 aliphatic rings. The van der Waals surface area contributed by atoms with E-state index >= 15 is 0 Å². The second kappa shape index (κ2) is 6.05. The average molecular weight is 381 g/mol. The Balaban J connectivity index is 0. The van der Waals surface area contributed by atoms with Crippen LogP contribution in [0.3, 0.4) is 0 Å². The normalized spacial score (nSPS) is 10.5. The van der Waals surface area contributed by atoms with Crippen LogP contribution < -0.4 is 5.32 Å². The Morgan fingerprint density at radius 1 is 1.55 bits per heavy atom. The summed E-state index contributed by atoms with van der Waals surface area (Å²) < 4.78 is 0. The summed E-state index contributed by atoms with van der Waals surface area (Å²) in [5.41, 5.74) is -0.931. The fourth-order valence-corrected chi connectivity index (χ4v) is 0.696. The largest absolute Gasteiger partial charge is 2.00 e. The molecule has 62 valence electrons. The van der Waals surface area contributed by atoms with Gasteiger partial charge in [-0.05, 0) is 7.05 Å². The molecule has 0 aromatic rings. The predicted octanol–water partition coefficient (Wildman–Crippen LogP) is 0.478. The van der Waals surface area contributed by atoms with Crippen LogP contribution in [-0.4, -0.2) is 23.7 Å². The van der Waals surface area contributed by atoms with E-state index in [-0.39, 0.29) is 31.1 Å². The average Bonchev–Trinajstić information content (AvgIpc) is 1.92. The van der Waals surface area contributed by atoms with Gasteiger partial charge in [0.15, 0.2) is 0 Å². The van der Waals surface area contributed by atoms with Gasteiger partial charge in [-0.3, -0.25) is 4.79 Å². The van der Waals surface area contributed by atoms with Gasteiger partial charge in [0, 0.05) is 0 Å². The van der Waals surface area contributed by atoms with Crippen molar-refractivity contribution in [3.05, 3.63) is 13.8 Å². The maximum Gasteiger partial charge on any atom is 2.00 e. The summed E-state index contributed by atoms with van der Waals surface area (Å²) >= 11 is 0. The molecule has 0 unspecified atom stereocenters. The molecule has 2 N–H and O–H groups in total. The van der Waals surface area contributed by atoms with Crippen LogP contribution >= 0.6 is 0 Å². The van der Waals surface area contributed by atoms with Crippen LogP contribution in [0.2, 0.25) is 0 Å². The van der Waals surface area contributed by atoms with Gasteiger partial charge >= 0.3 is 37.1 Å². The number of hydrogen-bond acceptors (Lipinski definition) is 2. The van der Waals surface area contributed by atoms with E-state index in [2.05, 4.69) is 19.2 Å². The second-order valence-electron chi connectivity index (χ2n) is 2.14. The molecule has 0 amide bonds. The van der Waals surface area contributed by atoms with Crippen LogP contribution in [0.4, 0.5) is 0 Å². The van der Waals surface area contributed by atoms with Gasteiger partial charge in [0.25, 0.3) is 0 Å². The molecule has 3 nitrogen and oxygen atoms in total. The van der Waals surface area contributed by atoms with Crippen LogP contribution in [0.5, 0.6) is 0 Å². The first-order valence-corrected chi connectivity index (χ1v) is 3.13. The van der Waals surface area contributed by atoms with Gasteiger partial charge in [-0.1, -0.05) is 0 Å². The predicted molar refractivity (Wildman–Crippen MR) is 39.4 cm³/mol.